The lowest BCUT2D eigenvalue weighted by atomic mass is 9.82. The summed E-state index contributed by atoms with van der Waals surface area (Å²) >= 11 is 1.86. The number of benzene rings is 4. The van der Waals surface area contributed by atoms with E-state index in [0.29, 0.717) is 0 Å². The minimum Gasteiger partial charge on any atom is -0.355 e. The summed E-state index contributed by atoms with van der Waals surface area (Å²) in [5.74, 6) is 0. The molecule has 6 rings (SSSR count). The van der Waals surface area contributed by atoms with Gasteiger partial charge in [-0.2, -0.15) is 0 Å². The molecule has 0 atom stereocenters. The van der Waals surface area contributed by atoms with Crippen LogP contribution in [-0.2, 0) is 5.41 Å². The highest BCUT2D eigenvalue weighted by Crippen LogP contribution is 2.49. The topological polar surface area (TPSA) is 12.0 Å². The number of fused-ring (bicyclic) bond motifs is 6. The van der Waals surface area contributed by atoms with Crippen LogP contribution in [0.3, 0.4) is 0 Å². The molecule has 140 valence electrons. The van der Waals surface area contributed by atoms with Crippen LogP contribution in [-0.4, -0.2) is 0 Å². The molecule has 4 aromatic carbocycles. The van der Waals surface area contributed by atoms with Gasteiger partial charge in [-0.05, 0) is 52.6 Å². The van der Waals surface area contributed by atoms with Gasteiger partial charge in [-0.25, -0.2) is 0 Å². The van der Waals surface area contributed by atoms with Gasteiger partial charge < -0.3 is 5.32 Å². The summed E-state index contributed by atoms with van der Waals surface area (Å²) in [5.41, 5.74) is 7.85. The molecule has 0 amide bonds. The van der Waals surface area contributed by atoms with E-state index in [1.54, 1.807) is 0 Å². The van der Waals surface area contributed by atoms with E-state index in [4.69, 9.17) is 0 Å². The van der Waals surface area contributed by atoms with Crippen LogP contribution < -0.4 is 5.32 Å². The van der Waals surface area contributed by atoms with Gasteiger partial charge in [-0.15, -0.1) is 11.3 Å². The highest BCUT2D eigenvalue weighted by atomic mass is 32.1. The van der Waals surface area contributed by atoms with Gasteiger partial charge in [-0.1, -0.05) is 68.4 Å². The number of thiophene rings is 1. The van der Waals surface area contributed by atoms with E-state index in [2.05, 4.69) is 104 Å². The number of rotatable bonds is 2. The Labute approximate surface area is 174 Å². The lowest BCUT2D eigenvalue weighted by molar-refractivity contribution is 0.660. The third-order valence-electron chi connectivity index (χ3n) is 6.25. The molecule has 0 saturated heterocycles. The molecule has 1 aromatic heterocycles. The minimum absolute atomic E-state index is 0.0560. The minimum atomic E-state index is 0.0560. The second kappa shape index (κ2) is 5.95. The Morgan fingerprint density at radius 2 is 1.31 bits per heavy atom. The van der Waals surface area contributed by atoms with Crippen molar-refractivity contribution < 1.29 is 0 Å². The number of hydrogen-bond donors (Lipinski definition) is 1. The van der Waals surface area contributed by atoms with Crippen molar-refractivity contribution in [3.63, 3.8) is 0 Å². The number of nitrogens with one attached hydrogen (secondary N) is 1. The van der Waals surface area contributed by atoms with Gasteiger partial charge >= 0.3 is 0 Å². The maximum absolute atomic E-state index is 3.63. The first-order valence-corrected chi connectivity index (χ1v) is 10.9. The molecule has 5 aromatic rings. The fraction of sp³-hybridized carbons (Fsp3) is 0.111. The predicted octanol–water partition coefficient (Wildman–Crippen LogP) is 8.10. The second-order valence-electron chi connectivity index (χ2n) is 8.37. The molecule has 0 aliphatic heterocycles. The van der Waals surface area contributed by atoms with Crippen molar-refractivity contribution in [1.82, 2.24) is 0 Å². The lowest BCUT2D eigenvalue weighted by Crippen LogP contribution is -2.14. The summed E-state index contributed by atoms with van der Waals surface area (Å²) in [6.45, 7) is 4.64. The van der Waals surface area contributed by atoms with Crippen molar-refractivity contribution in [3.8, 4) is 11.1 Å². The SMILES string of the molecule is CC1(C)c2ccccc2-c2cc(Nc3ccc4c(c3)sc3ccccc34)ccc21. The van der Waals surface area contributed by atoms with E-state index < -0.39 is 0 Å². The normalized spacial score (nSPS) is 14.1. The Hall–Kier alpha value is -3.10. The first kappa shape index (κ1) is 16.8. The molecule has 0 saturated carbocycles. The highest BCUT2D eigenvalue weighted by Gasteiger charge is 2.34. The van der Waals surface area contributed by atoms with Crippen LogP contribution in [0.5, 0.6) is 0 Å². The van der Waals surface area contributed by atoms with Crippen LogP contribution in [0.1, 0.15) is 25.0 Å². The summed E-state index contributed by atoms with van der Waals surface area (Å²) in [7, 11) is 0. The number of hydrogen-bond acceptors (Lipinski definition) is 2. The van der Waals surface area contributed by atoms with Crippen LogP contribution in [0.15, 0.2) is 84.9 Å². The van der Waals surface area contributed by atoms with Gasteiger partial charge in [0.1, 0.15) is 0 Å². The Morgan fingerprint density at radius 1 is 0.621 bits per heavy atom. The molecule has 1 N–H and O–H groups in total. The molecule has 0 radical (unpaired) electrons. The van der Waals surface area contributed by atoms with Crippen LogP contribution in [0.25, 0.3) is 31.3 Å². The Balaban J connectivity index is 1.41. The molecule has 1 nitrogen and oxygen atoms in total. The van der Waals surface area contributed by atoms with Gasteiger partial charge in [0, 0.05) is 37.0 Å². The van der Waals surface area contributed by atoms with Crippen molar-refractivity contribution in [2.45, 2.75) is 19.3 Å². The molecule has 0 fully saturated rings. The summed E-state index contributed by atoms with van der Waals surface area (Å²) in [6, 6.07) is 30.9. The molecular weight excluding hydrogens is 370 g/mol. The van der Waals surface area contributed by atoms with Crippen molar-refractivity contribution in [2.75, 3.05) is 5.32 Å². The smallest absolute Gasteiger partial charge is 0.0398 e. The molecule has 0 spiro atoms. The van der Waals surface area contributed by atoms with Gasteiger partial charge in [0.15, 0.2) is 0 Å². The van der Waals surface area contributed by atoms with Gasteiger partial charge in [0.25, 0.3) is 0 Å². The van der Waals surface area contributed by atoms with E-state index in [1.807, 2.05) is 11.3 Å². The van der Waals surface area contributed by atoms with Crippen LogP contribution in [0.2, 0.25) is 0 Å². The van der Waals surface area contributed by atoms with Crippen LogP contribution >= 0.6 is 11.3 Å². The molecule has 0 unspecified atom stereocenters. The molecule has 1 aliphatic rings. The zero-order chi connectivity index (χ0) is 19.6. The summed E-state index contributed by atoms with van der Waals surface area (Å²) < 4.78 is 2.67. The van der Waals surface area contributed by atoms with E-state index >= 15 is 0 Å². The zero-order valence-electron chi connectivity index (χ0n) is 16.5. The third-order valence-corrected chi connectivity index (χ3v) is 7.38. The number of anilines is 2. The molecule has 0 bridgehead atoms. The van der Waals surface area contributed by atoms with Gasteiger partial charge in [0.05, 0.1) is 0 Å². The molecule has 2 heteroatoms. The van der Waals surface area contributed by atoms with Crippen molar-refractivity contribution in [1.29, 1.82) is 0 Å². The fourth-order valence-corrected chi connectivity index (χ4v) is 5.91. The van der Waals surface area contributed by atoms with Crippen LogP contribution in [0.4, 0.5) is 11.4 Å². The van der Waals surface area contributed by atoms with Crippen LogP contribution in [0, 0.1) is 0 Å². The maximum atomic E-state index is 3.63. The zero-order valence-corrected chi connectivity index (χ0v) is 17.3. The summed E-state index contributed by atoms with van der Waals surface area (Å²) in [6.07, 6.45) is 0. The second-order valence-corrected chi connectivity index (χ2v) is 9.45. The van der Waals surface area contributed by atoms with E-state index in [1.165, 1.54) is 42.4 Å². The summed E-state index contributed by atoms with van der Waals surface area (Å²) in [4.78, 5) is 0. The van der Waals surface area contributed by atoms with E-state index in [9.17, 15) is 0 Å². The Morgan fingerprint density at radius 3 is 2.24 bits per heavy atom. The lowest BCUT2D eigenvalue weighted by Gasteiger charge is -2.21. The average Bonchev–Trinajstić information content (AvgIpc) is 3.21. The largest absolute Gasteiger partial charge is 0.355 e. The first-order valence-electron chi connectivity index (χ1n) is 10.0. The Kier molecular flexibility index (Phi) is 3.45. The Bertz CT molecular complexity index is 1410. The third kappa shape index (κ3) is 2.46. The van der Waals surface area contributed by atoms with Crippen molar-refractivity contribution in [2.24, 2.45) is 0 Å². The summed E-state index contributed by atoms with van der Waals surface area (Å²) in [5, 5.41) is 6.31. The quantitative estimate of drug-likeness (QED) is 0.320. The predicted molar refractivity (Wildman–Crippen MR) is 127 cm³/mol. The average molecular weight is 392 g/mol. The molecule has 1 heterocycles. The van der Waals surface area contributed by atoms with Gasteiger partial charge in [-0.3, -0.25) is 0 Å². The van der Waals surface area contributed by atoms with E-state index in [0.717, 1.165) is 11.4 Å². The first-order chi connectivity index (χ1) is 14.1. The molecule has 1 aliphatic carbocycles. The van der Waals surface area contributed by atoms with Crippen molar-refractivity contribution >= 4 is 42.9 Å². The van der Waals surface area contributed by atoms with E-state index in [-0.39, 0.29) is 5.41 Å². The molecular formula is C27H21NS. The van der Waals surface area contributed by atoms with Crippen molar-refractivity contribution in [3.05, 3.63) is 96.1 Å². The highest BCUT2D eigenvalue weighted by molar-refractivity contribution is 7.25. The van der Waals surface area contributed by atoms with Gasteiger partial charge in [0.2, 0.25) is 0 Å². The fourth-order valence-electron chi connectivity index (χ4n) is 4.77. The standard InChI is InChI=1S/C27H21NS/c1-27(2)23-9-5-3-7-19(23)22-15-17(12-14-24(22)27)28-18-11-13-21-20-8-4-6-10-25(20)29-26(21)16-18/h3-16,28H,1-2H3. The molecule has 29 heavy (non-hydrogen) atoms. The maximum Gasteiger partial charge on any atom is 0.0398 e. The monoisotopic (exact) mass is 391 g/mol.